The predicted octanol–water partition coefficient (Wildman–Crippen LogP) is 3.12. The maximum Gasteiger partial charge on any atom is 0.328 e. The van der Waals surface area contributed by atoms with Gasteiger partial charge in [0.05, 0.1) is 17.6 Å². The number of para-hydroxylation sites is 2. The molecule has 2 fully saturated rings. The number of anilines is 1. The summed E-state index contributed by atoms with van der Waals surface area (Å²) in [5, 5.41) is 31.2. The summed E-state index contributed by atoms with van der Waals surface area (Å²) >= 11 is 0. The second-order valence-electron chi connectivity index (χ2n) is 10.7. The van der Waals surface area contributed by atoms with Crippen LogP contribution in [0.1, 0.15) is 24.8 Å². The van der Waals surface area contributed by atoms with Crippen molar-refractivity contribution in [3.8, 4) is 0 Å². The maximum atomic E-state index is 9.55. The van der Waals surface area contributed by atoms with Crippen molar-refractivity contribution >= 4 is 40.9 Å². The maximum absolute atomic E-state index is 9.55. The standard InChI is InChI=1S/C25H33N5.2C4H4O4/c1-3-9-22(10-4-1)21-30-24-12-6-5-11-23(24)26-25(30)29-19-17-28(18-20-29)16-15-27-13-7-2-8-14-27;2*5-3(6)1-2-4(7)8/h1,3-6,9-12H,2,7-8,13-21H2;2*1-2H,(H,5,6)(H,7,8)/b;2*2-1+. The van der Waals surface area contributed by atoms with Crippen LogP contribution in [0.15, 0.2) is 78.9 Å². The van der Waals surface area contributed by atoms with Gasteiger partial charge in [-0.15, -0.1) is 0 Å². The zero-order valence-electron chi connectivity index (χ0n) is 25.6. The van der Waals surface area contributed by atoms with E-state index in [-0.39, 0.29) is 0 Å². The minimum atomic E-state index is -1.26. The molecule has 2 aliphatic heterocycles. The fraction of sp³-hybridized carbons (Fsp3) is 0.364. The lowest BCUT2D eigenvalue weighted by Gasteiger charge is -2.37. The fourth-order valence-electron chi connectivity index (χ4n) is 5.15. The first-order chi connectivity index (χ1) is 22.1. The molecule has 246 valence electrons. The molecular formula is C33H41N5O8. The molecule has 13 heteroatoms. The van der Waals surface area contributed by atoms with Crippen LogP contribution >= 0.6 is 0 Å². The van der Waals surface area contributed by atoms with E-state index in [0.29, 0.717) is 24.3 Å². The van der Waals surface area contributed by atoms with Crippen LogP contribution in [0, 0.1) is 0 Å². The van der Waals surface area contributed by atoms with Gasteiger partial charge in [0.1, 0.15) is 0 Å². The lowest BCUT2D eigenvalue weighted by molar-refractivity contribution is -0.134. The molecule has 3 aromatic rings. The van der Waals surface area contributed by atoms with Crippen LogP contribution in [-0.4, -0.2) is 116 Å². The largest absolute Gasteiger partial charge is 0.478 e. The highest BCUT2D eigenvalue weighted by atomic mass is 16.4. The van der Waals surface area contributed by atoms with Crippen LogP contribution in [0.2, 0.25) is 0 Å². The summed E-state index contributed by atoms with van der Waals surface area (Å²) < 4.78 is 2.40. The highest BCUT2D eigenvalue weighted by Gasteiger charge is 2.23. The number of aliphatic carboxylic acids is 4. The molecule has 1 aromatic heterocycles. The average Bonchev–Trinajstić information content (AvgIpc) is 3.42. The second kappa shape index (κ2) is 18.7. The van der Waals surface area contributed by atoms with E-state index in [1.165, 1.54) is 56.5 Å². The first-order valence-electron chi connectivity index (χ1n) is 15.1. The molecule has 2 aliphatic rings. The number of nitrogens with zero attached hydrogens (tertiary/aromatic N) is 5. The number of likely N-dealkylation sites (tertiary alicyclic amines) is 1. The summed E-state index contributed by atoms with van der Waals surface area (Å²) in [6, 6.07) is 19.3. The quantitative estimate of drug-likeness (QED) is 0.240. The molecule has 0 radical (unpaired) electrons. The van der Waals surface area contributed by atoms with Crippen molar-refractivity contribution in [2.75, 3.05) is 57.3 Å². The molecule has 2 aromatic carbocycles. The van der Waals surface area contributed by atoms with Crippen molar-refractivity contribution in [2.24, 2.45) is 0 Å². The van der Waals surface area contributed by atoms with E-state index in [1.54, 1.807) is 0 Å². The molecule has 3 heterocycles. The van der Waals surface area contributed by atoms with Crippen LogP contribution < -0.4 is 4.90 Å². The highest BCUT2D eigenvalue weighted by molar-refractivity contribution is 5.90. The summed E-state index contributed by atoms with van der Waals surface area (Å²) in [5.41, 5.74) is 3.64. The van der Waals surface area contributed by atoms with Gasteiger partial charge >= 0.3 is 23.9 Å². The highest BCUT2D eigenvalue weighted by Crippen LogP contribution is 2.25. The Labute approximate surface area is 267 Å². The Morgan fingerprint density at radius 3 is 1.61 bits per heavy atom. The molecule has 4 N–H and O–H groups in total. The van der Waals surface area contributed by atoms with Gasteiger partial charge in [0, 0.05) is 63.6 Å². The number of carbonyl (C=O) groups is 4. The van der Waals surface area contributed by atoms with Crippen LogP contribution in [0.4, 0.5) is 5.95 Å². The molecule has 0 aliphatic carbocycles. The Morgan fingerprint density at radius 1 is 0.609 bits per heavy atom. The van der Waals surface area contributed by atoms with Crippen molar-refractivity contribution in [3.05, 3.63) is 84.5 Å². The van der Waals surface area contributed by atoms with Crippen molar-refractivity contribution in [2.45, 2.75) is 25.8 Å². The van der Waals surface area contributed by atoms with E-state index < -0.39 is 23.9 Å². The molecule has 0 spiro atoms. The smallest absolute Gasteiger partial charge is 0.328 e. The molecule has 0 saturated carbocycles. The number of aromatic nitrogens is 2. The third-order valence-corrected chi connectivity index (χ3v) is 7.39. The Morgan fingerprint density at radius 2 is 1.09 bits per heavy atom. The lowest BCUT2D eigenvalue weighted by atomic mass is 10.1. The summed E-state index contributed by atoms with van der Waals surface area (Å²) in [5.74, 6) is -3.91. The summed E-state index contributed by atoms with van der Waals surface area (Å²) in [6.45, 7) is 10.3. The van der Waals surface area contributed by atoms with Gasteiger partial charge < -0.3 is 34.8 Å². The number of fused-ring (bicyclic) bond motifs is 1. The van der Waals surface area contributed by atoms with Crippen LogP contribution in [0.25, 0.3) is 11.0 Å². The number of piperidine rings is 1. The number of piperazine rings is 1. The van der Waals surface area contributed by atoms with E-state index in [2.05, 4.69) is 73.9 Å². The number of carboxylic acid groups (broad SMARTS) is 4. The van der Waals surface area contributed by atoms with Gasteiger partial charge in [-0.3, -0.25) is 4.90 Å². The van der Waals surface area contributed by atoms with Crippen LogP contribution in [0.3, 0.4) is 0 Å². The van der Waals surface area contributed by atoms with Crippen molar-refractivity contribution < 1.29 is 39.6 Å². The van der Waals surface area contributed by atoms with Gasteiger partial charge in [-0.25, -0.2) is 24.2 Å². The summed E-state index contributed by atoms with van der Waals surface area (Å²) in [6.07, 6.45) is 6.41. The molecule has 0 atom stereocenters. The van der Waals surface area contributed by atoms with Crippen molar-refractivity contribution in [1.82, 2.24) is 19.4 Å². The molecule has 0 bridgehead atoms. The second-order valence-corrected chi connectivity index (χ2v) is 10.7. The molecule has 13 nitrogen and oxygen atoms in total. The Hall–Kier alpha value is -5.01. The molecule has 0 amide bonds. The van der Waals surface area contributed by atoms with Gasteiger partial charge in [0.15, 0.2) is 0 Å². The Balaban J connectivity index is 0.000000299. The topological polar surface area (TPSA) is 177 Å². The van der Waals surface area contributed by atoms with E-state index in [0.717, 1.165) is 44.2 Å². The first kappa shape index (κ1) is 35.5. The molecular weight excluding hydrogens is 594 g/mol. The molecule has 0 unspecified atom stereocenters. The number of hydrogen-bond acceptors (Lipinski definition) is 8. The van der Waals surface area contributed by atoms with E-state index >= 15 is 0 Å². The van der Waals surface area contributed by atoms with Crippen LogP contribution in [-0.2, 0) is 25.7 Å². The first-order valence-corrected chi connectivity index (χ1v) is 15.1. The van der Waals surface area contributed by atoms with Crippen molar-refractivity contribution in [3.63, 3.8) is 0 Å². The predicted molar refractivity (Wildman–Crippen MR) is 173 cm³/mol. The Bertz CT molecular complexity index is 1420. The third kappa shape index (κ3) is 12.5. The minimum absolute atomic E-state index is 0.558. The SMILES string of the molecule is O=C(O)/C=C/C(=O)O.O=C(O)/C=C/C(=O)O.c1ccc(Cn2c(N3CCN(CCN4CCCCC4)CC3)nc3ccccc32)cc1. The summed E-state index contributed by atoms with van der Waals surface area (Å²) in [4.78, 5) is 51.0. The van der Waals surface area contributed by atoms with Gasteiger partial charge in [0.2, 0.25) is 5.95 Å². The van der Waals surface area contributed by atoms with Crippen LogP contribution in [0.5, 0.6) is 0 Å². The molecule has 46 heavy (non-hydrogen) atoms. The van der Waals surface area contributed by atoms with Gasteiger partial charge in [-0.05, 0) is 43.6 Å². The van der Waals surface area contributed by atoms with Crippen molar-refractivity contribution in [1.29, 1.82) is 0 Å². The van der Waals surface area contributed by atoms with Gasteiger partial charge in [0.25, 0.3) is 0 Å². The van der Waals surface area contributed by atoms with Gasteiger partial charge in [-0.2, -0.15) is 0 Å². The number of imidazole rings is 1. The van der Waals surface area contributed by atoms with E-state index in [4.69, 9.17) is 25.4 Å². The third-order valence-electron chi connectivity index (χ3n) is 7.39. The van der Waals surface area contributed by atoms with Gasteiger partial charge in [-0.1, -0.05) is 48.9 Å². The normalized spacial score (nSPS) is 15.6. The Kier molecular flexibility index (Phi) is 14.4. The lowest BCUT2D eigenvalue weighted by Crippen LogP contribution is -2.49. The van der Waals surface area contributed by atoms with E-state index in [9.17, 15) is 19.2 Å². The average molecular weight is 636 g/mol. The zero-order chi connectivity index (χ0) is 33.3. The number of rotatable bonds is 10. The van der Waals surface area contributed by atoms with E-state index in [1.807, 2.05) is 0 Å². The fourth-order valence-corrected chi connectivity index (χ4v) is 5.15. The monoisotopic (exact) mass is 635 g/mol. The number of hydrogen-bond donors (Lipinski definition) is 4. The number of benzene rings is 2. The number of carboxylic acids is 4. The molecule has 2 saturated heterocycles. The summed E-state index contributed by atoms with van der Waals surface area (Å²) in [7, 11) is 0. The zero-order valence-corrected chi connectivity index (χ0v) is 25.6. The molecule has 5 rings (SSSR count). The minimum Gasteiger partial charge on any atom is -0.478 e.